The molecule has 100 valence electrons. The highest BCUT2D eigenvalue weighted by atomic mass is 15.2. The van der Waals surface area contributed by atoms with Crippen LogP contribution < -0.4 is 10.6 Å². The standard InChI is InChI=1S/C16H21N3/c1-12-10-15(19-8-3-2-4-9-19)18-16-13(11-17)6-5-7-14(12)16/h5-7,10H,2-4,8-9,11,17H2,1H3. The monoisotopic (exact) mass is 255 g/mol. The molecule has 2 aromatic rings. The molecule has 3 nitrogen and oxygen atoms in total. The van der Waals surface area contributed by atoms with Crippen LogP contribution in [-0.2, 0) is 6.54 Å². The highest BCUT2D eigenvalue weighted by molar-refractivity contribution is 5.86. The summed E-state index contributed by atoms with van der Waals surface area (Å²) in [5.74, 6) is 1.12. The number of rotatable bonds is 2. The van der Waals surface area contributed by atoms with E-state index in [0.717, 1.165) is 30.0 Å². The smallest absolute Gasteiger partial charge is 0.129 e. The third-order valence-electron chi connectivity index (χ3n) is 4.02. The molecule has 0 radical (unpaired) electrons. The summed E-state index contributed by atoms with van der Waals surface area (Å²) in [4.78, 5) is 7.28. The molecule has 1 aliphatic heterocycles. The molecular formula is C16H21N3. The summed E-state index contributed by atoms with van der Waals surface area (Å²) >= 11 is 0. The Morgan fingerprint density at radius 2 is 2.00 bits per heavy atom. The van der Waals surface area contributed by atoms with Gasteiger partial charge < -0.3 is 10.6 Å². The molecule has 1 aliphatic rings. The average Bonchev–Trinajstić information content (AvgIpc) is 2.47. The van der Waals surface area contributed by atoms with Crippen LogP contribution >= 0.6 is 0 Å². The number of benzene rings is 1. The number of pyridine rings is 1. The van der Waals surface area contributed by atoms with Gasteiger partial charge in [0, 0.05) is 25.0 Å². The molecule has 3 heteroatoms. The molecule has 0 atom stereocenters. The van der Waals surface area contributed by atoms with Crippen molar-refractivity contribution in [1.29, 1.82) is 0 Å². The molecule has 0 aliphatic carbocycles. The highest BCUT2D eigenvalue weighted by Crippen LogP contribution is 2.26. The fourth-order valence-electron chi connectivity index (χ4n) is 2.91. The van der Waals surface area contributed by atoms with Crippen LogP contribution in [0.1, 0.15) is 30.4 Å². The second-order valence-corrected chi connectivity index (χ2v) is 5.36. The number of aromatic nitrogens is 1. The Labute approximate surface area is 114 Å². The molecule has 1 fully saturated rings. The number of hydrogen-bond donors (Lipinski definition) is 1. The lowest BCUT2D eigenvalue weighted by Crippen LogP contribution is -2.30. The van der Waals surface area contributed by atoms with Gasteiger partial charge in [0.25, 0.3) is 0 Å². The van der Waals surface area contributed by atoms with E-state index in [0.29, 0.717) is 6.54 Å². The van der Waals surface area contributed by atoms with Gasteiger partial charge in [-0.3, -0.25) is 0 Å². The fourth-order valence-corrected chi connectivity index (χ4v) is 2.91. The molecule has 2 heterocycles. The lowest BCUT2D eigenvalue weighted by molar-refractivity contribution is 0.574. The van der Waals surface area contributed by atoms with Gasteiger partial charge in [0.15, 0.2) is 0 Å². The van der Waals surface area contributed by atoms with Gasteiger partial charge in [0.1, 0.15) is 5.82 Å². The average molecular weight is 255 g/mol. The summed E-state index contributed by atoms with van der Waals surface area (Å²) in [7, 11) is 0. The Morgan fingerprint density at radius 1 is 1.21 bits per heavy atom. The van der Waals surface area contributed by atoms with Crippen molar-refractivity contribution in [3.63, 3.8) is 0 Å². The van der Waals surface area contributed by atoms with E-state index in [1.807, 2.05) is 0 Å². The van der Waals surface area contributed by atoms with Crippen molar-refractivity contribution in [2.24, 2.45) is 5.73 Å². The molecule has 0 bridgehead atoms. The van der Waals surface area contributed by atoms with E-state index >= 15 is 0 Å². The molecule has 0 saturated carbocycles. The first-order valence-corrected chi connectivity index (χ1v) is 7.14. The van der Waals surface area contributed by atoms with Gasteiger partial charge in [-0.15, -0.1) is 0 Å². The lowest BCUT2D eigenvalue weighted by atomic mass is 10.0. The predicted octanol–water partition coefficient (Wildman–Crippen LogP) is 2.99. The third-order valence-corrected chi connectivity index (χ3v) is 4.02. The number of piperidine rings is 1. The van der Waals surface area contributed by atoms with Gasteiger partial charge in [-0.1, -0.05) is 18.2 Å². The topological polar surface area (TPSA) is 42.2 Å². The van der Waals surface area contributed by atoms with E-state index < -0.39 is 0 Å². The molecular weight excluding hydrogens is 234 g/mol. The number of fused-ring (bicyclic) bond motifs is 1. The van der Waals surface area contributed by atoms with Gasteiger partial charge in [-0.2, -0.15) is 0 Å². The maximum Gasteiger partial charge on any atom is 0.129 e. The second-order valence-electron chi connectivity index (χ2n) is 5.36. The molecule has 19 heavy (non-hydrogen) atoms. The summed E-state index contributed by atoms with van der Waals surface area (Å²) in [6.45, 7) is 4.97. The Kier molecular flexibility index (Phi) is 3.38. The molecule has 1 aromatic heterocycles. The highest BCUT2D eigenvalue weighted by Gasteiger charge is 2.14. The summed E-state index contributed by atoms with van der Waals surface area (Å²) < 4.78 is 0. The fraction of sp³-hybridized carbons (Fsp3) is 0.438. The number of nitrogens with two attached hydrogens (primary N) is 1. The van der Waals surface area contributed by atoms with Gasteiger partial charge in [-0.25, -0.2) is 4.98 Å². The van der Waals surface area contributed by atoms with Crippen LogP contribution in [0.3, 0.4) is 0 Å². The van der Waals surface area contributed by atoms with Crippen molar-refractivity contribution in [3.8, 4) is 0 Å². The summed E-state index contributed by atoms with van der Waals surface area (Å²) in [5, 5.41) is 1.23. The zero-order valence-corrected chi connectivity index (χ0v) is 11.5. The van der Waals surface area contributed by atoms with E-state index in [1.54, 1.807) is 0 Å². The van der Waals surface area contributed by atoms with Crippen LogP contribution in [0.4, 0.5) is 5.82 Å². The third kappa shape index (κ3) is 2.30. The molecule has 0 spiro atoms. The van der Waals surface area contributed by atoms with Gasteiger partial charge in [0.2, 0.25) is 0 Å². The molecule has 0 amide bonds. The Morgan fingerprint density at radius 3 is 2.74 bits per heavy atom. The maximum atomic E-state index is 5.84. The van der Waals surface area contributed by atoms with Crippen molar-refractivity contribution < 1.29 is 0 Å². The first kappa shape index (κ1) is 12.4. The second kappa shape index (κ2) is 5.17. The number of aryl methyl sites for hydroxylation is 1. The van der Waals surface area contributed by atoms with Crippen molar-refractivity contribution in [3.05, 3.63) is 35.4 Å². The van der Waals surface area contributed by atoms with Gasteiger partial charge >= 0.3 is 0 Å². The predicted molar refractivity (Wildman–Crippen MR) is 80.4 cm³/mol. The summed E-state index contributed by atoms with van der Waals surface area (Å²) in [6.07, 6.45) is 3.89. The van der Waals surface area contributed by atoms with Crippen LogP contribution in [0.2, 0.25) is 0 Å². The minimum atomic E-state index is 0.549. The van der Waals surface area contributed by atoms with Gasteiger partial charge in [-0.05, 0) is 43.4 Å². The Bertz CT molecular complexity index is 586. The van der Waals surface area contributed by atoms with Crippen LogP contribution in [0, 0.1) is 6.92 Å². The SMILES string of the molecule is Cc1cc(N2CCCCC2)nc2c(CN)cccc12. The zero-order valence-electron chi connectivity index (χ0n) is 11.5. The van der Waals surface area contributed by atoms with Crippen molar-refractivity contribution in [1.82, 2.24) is 4.98 Å². The normalized spacial score (nSPS) is 16.0. The largest absolute Gasteiger partial charge is 0.357 e. The van der Waals surface area contributed by atoms with E-state index in [-0.39, 0.29) is 0 Å². The Balaban J connectivity index is 2.11. The van der Waals surface area contributed by atoms with Gasteiger partial charge in [0.05, 0.1) is 5.52 Å². The van der Waals surface area contributed by atoms with E-state index in [9.17, 15) is 0 Å². The molecule has 3 rings (SSSR count). The minimum Gasteiger partial charge on any atom is -0.357 e. The van der Waals surface area contributed by atoms with Crippen LogP contribution in [0.25, 0.3) is 10.9 Å². The van der Waals surface area contributed by atoms with E-state index in [4.69, 9.17) is 10.7 Å². The van der Waals surface area contributed by atoms with Crippen molar-refractivity contribution in [2.75, 3.05) is 18.0 Å². The van der Waals surface area contributed by atoms with Crippen LogP contribution in [0.5, 0.6) is 0 Å². The van der Waals surface area contributed by atoms with E-state index in [2.05, 4.69) is 36.1 Å². The van der Waals surface area contributed by atoms with Crippen LogP contribution in [0.15, 0.2) is 24.3 Å². The first-order valence-electron chi connectivity index (χ1n) is 7.14. The first-order chi connectivity index (χ1) is 9.29. The number of anilines is 1. The molecule has 0 unspecified atom stereocenters. The maximum absolute atomic E-state index is 5.84. The summed E-state index contributed by atoms with van der Waals surface area (Å²) in [5.41, 5.74) is 9.35. The van der Waals surface area contributed by atoms with Crippen LogP contribution in [-0.4, -0.2) is 18.1 Å². The number of hydrogen-bond acceptors (Lipinski definition) is 3. The summed E-state index contributed by atoms with van der Waals surface area (Å²) in [6, 6.07) is 8.50. The van der Waals surface area contributed by atoms with Crippen molar-refractivity contribution >= 4 is 16.7 Å². The molecule has 2 N–H and O–H groups in total. The number of para-hydroxylation sites is 1. The number of nitrogens with zero attached hydrogens (tertiary/aromatic N) is 2. The molecule has 1 saturated heterocycles. The van der Waals surface area contributed by atoms with E-state index in [1.165, 1.54) is 30.2 Å². The minimum absolute atomic E-state index is 0.549. The van der Waals surface area contributed by atoms with Crippen molar-refractivity contribution in [2.45, 2.75) is 32.7 Å². The lowest BCUT2D eigenvalue weighted by Gasteiger charge is -2.28. The molecule has 1 aromatic carbocycles. The quantitative estimate of drug-likeness (QED) is 0.897. The zero-order chi connectivity index (χ0) is 13.2. The Hall–Kier alpha value is -1.61.